The van der Waals surface area contributed by atoms with E-state index >= 15 is 0 Å². The molecule has 1 aliphatic carbocycles. The summed E-state index contributed by atoms with van der Waals surface area (Å²) < 4.78 is 17.8. The summed E-state index contributed by atoms with van der Waals surface area (Å²) in [7, 11) is 0. The van der Waals surface area contributed by atoms with E-state index in [1.54, 1.807) is 24.3 Å². The fourth-order valence-electron chi connectivity index (χ4n) is 3.63. The van der Waals surface area contributed by atoms with E-state index < -0.39 is 0 Å². The Labute approximate surface area is 186 Å². The molecule has 2 aromatic heterocycles. The minimum absolute atomic E-state index is 0.0316. The van der Waals surface area contributed by atoms with Crippen molar-refractivity contribution in [1.29, 1.82) is 0 Å². The molecule has 2 aliphatic rings. The van der Waals surface area contributed by atoms with Gasteiger partial charge in [-0.15, -0.1) is 10.2 Å². The maximum Gasteiger partial charge on any atom is 0.234 e. The van der Waals surface area contributed by atoms with Gasteiger partial charge in [0.05, 0.1) is 22.5 Å². The molecular formula is C20H29ClN6O2S. The number of nitrogens with zero attached hydrogens (tertiary/aromatic N) is 5. The smallest absolute Gasteiger partial charge is 0.234 e. The SMILES string of the molecule is CC(C)O[C@@H](c1ncc(Cl)cn1)C(C)SNc1nnc(C2CCC(C)O2)n1C1CC1. The number of aromatic nitrogens is 5. The number of halogens is 1. The van der Waals surface area contributed by atoms with Gasteiger partial charge in [-0.05, 0) is 65.3 Å². The Morgan fingerprint density at radius 1 is 1.17 bits per heavy atom. The molecule has 0 amide bonds. The van der Waals surface area contributed by atoms with E-state index in [9.17, 15) is 0 Å². The third kappa shape index (κ3) is 5.07. The van der Waals surface area contributed by atoms with Crippen molar-refractivity contribution in [2.24, 2.45) is 0 Å². The number of hydrogen-bond donors (Lipinski definition) is 1. The van der Waals surface area contributed by atoms with Crippen molar-refractivity contribution >= 4 is 29.5 Å². The quantitative estimate of drug-likeness (QED) is 0.537. The van der Waals surface area contributed by atoms with Gasteiger partial charge >= 0.3 is 0 Å². The highest BCUT2D eigenvalue weighted by molar-refractivity contribution is 8.01. The van der Waals surface area contributed by atoms with Gasteiger partial charge in [0.2, 0.25) is 5.95 Å². The van der Waals surface area contributed by atoms with Crippen LogP contribution in [0.4, 0.5) is 5.95 Å². The van der Waals surface area contributed by atoms with Crippen molar-refractivity contribution in [2.45, 2.75) is 89.1 Å². The van der Waals surface area contributed by atoms with Crippen molar-refractivity contribution in [3.05, 3.63) is 29.1 Å². The summed E-state index contributed by atoms with van der Waals surface area (Å²) in [5.74, 6) is 2.33. The zero-order valence-electron chi connectivity index (χ0n) is 17.8. The summed E-state index contributed by atoms with van der Waals surface area (Å²) >= 11 is 7.49. The highest BCUT2D eigenvalue weighted by Crippen LogP contribution is 2.42. The Balaban J connectivity index is 1.47. The lowest BCUT2D eigenvalue weighted by atomic mass is 10.2. The van der Waals surface area contributed by atoms with Gasteiger partial charge in [-0.3, -0.25) is 9.29 Å². The Kier molecular flexibility index (Phi) is 6.81. The van der Waals surface area contributed by atoms with Crippen LogP contribution >= 0.6 is 23.5 Å². The molecule has 1 saturated heterocycles. The van der Waals surface area contributed by atoms with Crippen LogP contribution in [0.1, 0.15) is 83.3 Å². The van der Waals surface area contributed by atoms with E-state index in [-0.39, 0.29) is 29.7 Å². The topological polar surface area (TPSA) is 87.0 Å². The van der Waals surface area contributed by atoms with Gasteiger partial charge in [-0.2, -0.15) is 0 Å². The van der Waals surface area contributed by atoms with Crippen LogP contribution in [0.3, 0.4) is 0 Å². The maximum atomic E-state index is 6.12. The molecule has 1 saturated carbocycles. The van der Waals surface area contributed by atoms with Crippen molar-refractivity contribution in [3.63, 3.8) is 0 Å². The molecule has 0 aromatic carbocycles. The first-order valence-corrected chi connectivity index (χ1v) is 11.8. The Bertz CT molecular complexity index is 844. The molecule has 0 spiro atoms. The van der Waals surface area contributed by atoms with Crippen LogP contribution in [0.5, 0.6) is 0 Å². The molecule has 0 radical (unpaired) electrons. The summed E-state index contributed by atoms with van der Waals surface area (Å²) in [5.41, 5.74) is 0. The van der Waals surface area contributed by atoms with E-state index in [4.69, 9.17) is 21.1 Å². The predicted molar refractivity (Wildman–Crippen MR) is 117 cm³/mol. The maximum absolute atomic E-state index is 6.12. The predicted octanol–water partition coefficient (Wildman–Crippen LogP) is 4.91. The van der Waals surface area contributed by atoms with E-state index in [1.165, 1.54) is 0 Å². The molecule has 30 heavy (non-hydrogen) atoms. The fourth-order valence-corrected chi connectivity index (χ4v) is 4.47. The monoisotopic (exact) mass is 452 g/mol. The first kappa shape index (κ1) is 21.8. The zero-order valence-corrected chi connectivity index (χ0v) is 19.4. The van der Waals surface area contributed by atoms with Crippen molar-refractivity contribution < 1.29 is 9.47 Å². The van der Waals surface area contributed by atoms with Gasteiger partial charge in [0.15, 0.2) is 11.6 Å². The molecule has 3 unspecified atom stereocenters. The molecule has 4 atom stereocenters. The Morgan fingerprint density at radius 2 is 1.90 bits per heavy atom. The van der Waals surface area contributed by atoms with Crippen molar-refractivity contribution in [1.82, 2.24) is 24.7 Å². The van der Waals surface area contributed by atoms with Crippen molar-refractivity contribution in [2.75, 3.05) is 4.72 Å². The van der Waals surface area contributed by atoms with Gasteiger partial charge in [-0.25, -0.2) is 9.97 Å². The van der Waals surface area contributed by atoms with Crippen LogP contribution in [-0.2, 0) is 9.47 Å². The largest absolute Gasteiger partial charge is 0.367 e. The summed E-state index contributed by atoms with van der Waals surface area (Å²) in [5, 5.41) is 9.45. The van der Waals surface area contributed by atoms with Crippen LogP contribution in [-0.4, -0.2) is 42.2 Å². The molecular weight excluding hydrogens is 424 g/mol. The third-order valence-electron chi connectivity index (χ3n) is 5.23. The first-order valence-electron chi connectivity index (χ1n) is 10.6. The number of anilines is 1. The third-order valence-corrected chi connectivity index (χ3v) is 6.34. The van der Waals surface area contributed by atoms with Crippen molar-refractivity contribution in [3.8, 4) is 0 Å². The van der Waals surface area contributed by atoms with E-state index in [0.29, 0.717) is 16.9 Å². The zero-order chi connectivity index (χ0) is 21.3. The van der Waals surface area contributed by atoms with Gasteiger partial charge in [-0.1, -0.05) is 11.6 Å². The lowest BCUT2D eigenvalue weighted by Gasteiger charge is -2.25. The molecule has 1 aliphatic heterocycles. The second-order valence-corrected chi connectivity index (χ2v) is 9.91. The molecule has 10 heteroatoms. The van der Waals surface area contributed by atoms with Crippen LogP contribution < -0.4 is 4.72 Å². The molecule has 164 valence electrons. The van der Waals surface area contributed by atoms with Crippen LogP contribution in [0.25, 0.3) is 0 Å². The molecule has 2 fully saturated rings. The summed E-state index contributed by atoms with van der Waals surface area (Å²) in [4.78, 5) is 8.74. The van der Waals surface area contributed by atoms with Crippen LogP contribution in [0, 0.1) is 0 Å². The van der Waals surface area contributed by atoms with Gasteiger partial charge in [0.25, 0.3) is 0 Å². The van der Waals surface area contributed by atoms with Crippen LogP contribution in [0.15, 0.2) is 12.4 Å². The van der Waals surface area contributed by atoms with Gasteiger partial charge in [0, 0.05) is 18.4 Å². The molecule has 0 bridgehead atoms. The summed E-state index contributed by atoms with van der Waals surface area (Å²) in [6.07, 6.45) is 7.63. The van der Waals surface area contributed by atoms with E-state index in [2.05, 4.69) is 43.3 Å². The Hall–Kier alpha value is -1.42. The van der Waals surface area contributed by atoms with Gasteiger partial charge in [0.1, 0.15) is 12.2 Å². The van der Waals surface area contributed by atoms with E-state index in [1.807, 2.05) is 13.8 Å². The standard InChI is InChI=1S/C20H29ClN6O2S/c1-11(2)28-17(18-22-9-14(21)10-23-18)13(4)30-26-20-25-24-19(27(20)15-6-7-15)16-8-5-12(3)29-16/h9-13,15-17H,5-8H2,1-4H3,(H,25,26)/t12?,13?,16?,17-/m1/s1. The fraction of sp³-hybridized carbons (Fsp3) is 0.700. The number of hydrogen-bond acceptors (Lipinski definition) is 8. The molecule has 3 heterocycles. The second-order valence-electron chi connectivity index (χ2n) is 8.29. The molecule has 2 aromatic rings. The number of rotatable bonds is 9. The molecule has 8 nitrogen and oxygen atoms in total. The Morgan fingerprint density at radius 3 is 2.50 bits per heavy atom. The number of ether oxygens (including phenoxy) is 2. The lowest BCUT2D eigenvalue weighted by Crippen LogP contribution is -2.23. The highest BCUT2D eigenvalue weighted by atomic mass is 35.5. The normalized spacial score (nSPS) is 23.7. The minimum atomic E-state index is -0.282. The average molecular weight is 453 g/mol. The summed E-state index contributed by atoms with van der Waals surface area (Å²) in [6, 6.07) is 0.454. The van der Waals surface area contributed by atoms with Crippen LogP contribution in [0.2, 0.25) is 5.02 Å². The second kappa shape index (κ2) is 9.38. The van der Waals surface area contributed by atoms with Gasteiger partial charge < -0.3 is 9.47 Å². The molecule has 1 N–H and O–H groups in total. The average Bonchev–Trinajstić information content (AvgIpc) is 3.32. The first-order chi connectivity index (χ1) is 14.4. The van der Waals surface area contributed by atoms with E-state index in [0.717, 1.165) is 37.5 Å². The lowest BCUT2D eigenvalue weighted by molar-refractivity contribution is 0.00286. The summed E-state index contributed by atoms with van der Waals surface area (Å²) in [6.45, 7) is 8.21. The highest BCUT2D eigenvalue weighted by Gasteiger charge is 2.35. The molecule has 4 rings (SSSR count). The number of nitrogens with one attached hydrogen (secondary N) is 1. The minimum Gasteiger partial charge on any atom is -0.367 e.